The van der Waals surface area contributed by atoms with Gasteiger partial charge in [-0.15, -0.1) is 0 Å². The highest BCUT2D eigenvalue weighted by Crippen LogP contribution is 2.31. The molecule has 0 bridgehead atoms. The van der Waals surface area contributed by atoms with Crippen LogP contribution in [0.15, 0.2) is 59.2 Å². The molecule has 1 amide bonds. The number of hydrogen-bond acceptors (Lipinski definition) is 6. The molecule has 3 rings (SSSR count). The molecule has 2 aromatic rings. The van der Waals surface area contributed by atoms with Crippen LogP contribution >= 0.6 is 0 Å². The molecule has 0 saturated heterocycles. The predicted molar refractivity (Wildman–Crippen MR) is 113 cm³/mol. The van der Waals surface area contributed by atoms with Crippen LogP contribution in [-0.2, 0) is 14.3 Å². The van der Waals surface area contributed by atoms with Crippen LogP contribution in [0.2, 0.25) is 0 Å². The zero-order valence-electron chi connectivity index (χ0n) is 17.4. The molecule has 1 aliphatic rings. The summed E-state index contributed by atoms with van der Waals surface area (Å²) in [6.07, 6.45) is 0.963. The highest BCUT2D eigenvalue weighted by Gasteiger charge is 2.24. The maximum atomic E-state index is 12.2. The number of esters is 1. The summed E-state index contributed by atoms with van der Waals surface area (Å²) in [4.78, 5) is 30.1. The van der Waals surface area contributed by atoms with Crippen molar-refractivity contribution in [1.82, 2.24) is 4.90 Å². The van der Waals surface area contributed by atoms with Gasteiger partial charge in [-0.3, -0.25) is 4.79 Å². The lowest BCUT2D eigenvalue weighted by molar-refractivity contribution is -0.135. The summed E-state index contributed by atoms with van der Waals surface area (Å²) in [5.41, 5.74) is 1.62. The summed E-state index contributed by atoms with van der Waals surface area (Å²) < 4.78 is 16.7. The molecule has 1 aliphatic heterocycles. The average Bonchev–Trinajstić information content (AvgIpc) is 3.10. The summed E-state index contributed by atoms with van der Waals surface area (Å²) in [7, 11) is 3.34. The van der Waals surface area contributed by atoms with Gasteiger partial charge in [-0.1, -0.05) is 24.3 Å². The largest absolute Gasteiger partial charge is 0.490 e. The molecule has 0 saturated carbocycles. The van der Waals surface area contributed by atoms with Crippen molar-refractivity contribution < 1.29 is 23.8 Å². The first-order chi connectivity index (χ1) is 14.4. The average molecular weight is 408 g/mol. The highest BCUT2D eigenvalue weighted by atomic mass is 16.6. The van der Waals surface area contributed by atoms with Gasteiger partial charge in [0.1, 0.15) is 0 Å². The summed E-state index contributed by atoms with van der Waals surface area (Å²) >= 11 is 0. The fourth-order valence-electron chi connectivity index (χ4n) is 2.86. The van der Waals surface area contributed by atoms with Crippen LogP contribution in [-0.4, -0.2) is 49.5 Å². The normalized spacial score (nSPS) is 15.4. The van der Waals surface area contributed by atoms with Crippen molar-refractivity contribution >= 4 is 23.9 Å². The number of amides is 1. The maximum absolute atomic E-state index is 12.2. The number of aliphatic imine (C=N–C) groups is 1. The Kier molecular flexibility index (Phi) is 6.51. The van der Waals surface area contributed by atoms with Crippen LogP contribution in [0, 0.1) is 0 Å². The van der Waals surface area contributed by atoms with E-state index in [2.05, 4.69) is 4.99 Å². The van der Waals surface area contributed by atoms with Gasteiger partial charge in [0.2, 0.25) is 5.90 Å². The minimum Gasteiger partial charge on any atom is -0.490 e. The van der Waals surface area contributed by atoms with Crippen molar-refractivity contribution in [2.24, 2.45) is 4.99 Å². The van der Waals surface area contributed by atoms with E-state index in [1.54, 1.807) is 45.3 Å². The van der Waals surface area contributed by atoms with Crippen LogP contribution in [0.3, 0.4) is 0 Å². The van der Waals surface area contributed by atoms with Crippen molar-refractivity contribution in [2.75, 3.05) is 20.7 Å². The quantitative estimate of drug-likeness (QED) is 0.519. The van der Waals surface area contributed by atoms with Crippen molar-refractivity contribution in [3.8, 4) is 11.5 Å². The molecule has 0 spiro atoms. The number of carbonyl (C=O) groups is 2. The monoisotopic (exact) mass is 408 g/mol. The Morgan fingerprint density at radius 2 is 1.90 bits per heavy atom. The fourth-order valence-corrected chi connectivity index (χ4v) is 2.86. The van der Waals surface area contributed by atoms with Crippen LogP contribution in [0.4, 0.5) is 0 Å². The Labute approximate surface area is 175 Å². The summed E-state index contributed by atoms with van der Waals surface area (Å²) in [5, 5.41) is 0. The van der Waals surface area contributed by atoms with Gasteiger partial charge in [0, 0.05) is 19.7 Å². The molecule has 7 nitrogen and oxygen atoms in total. The first-order valence-corrected chi connectivity index (χ1v) is 9.61. The van der Waals surface area contributed by atoms with Gasteiger partial charge in [0.25, 0.3) is 5.91 Å². The van der Waals surface area contributed by atoms with Crippen molar-refractivity contribution in [3.05, 3.63) is 65.4 Å². The molecular weight excluding hydrogens is 384 g/mol. The van der Waals surface area contributed by atoms with Crippen LogP contribution in [0.1, 0.15) is 25.0 Å². The Hall–Kier alpha value is -3.61. The van der Waals surface area contributed by atoms with E-state index in [0.717, 1.165) is 5.56 Å². The number of benzene rings is 2. The lowest BCUT2D eigenvalue weighted by atomic mass is 10.1. The number of cyclic esters (lactones) is 1. The second-order valence-corrected chi connectivity index (χ2v) is 6.83. The van der Waals surface area contributed by atoms with Gasteiger partial charge in [-0.2, -0.15) is 0 Å². The molecule has 0 N–H and O–H groups in total. The first kappa shape index (κ1) is 21.1. The Morgan fingerprint density at radius 1 is 1.17 bits per heavy atom. The van der Waals surface area contributed by atoms with Crippen molar-refractivity contribution in [2.45, 2.75) is 20.0 Å². The van der Waals surface area contributed by atoms with E-state index in [0.29, 0.717) is 23.7 Å². The van der Waals surface area contributed by atoms with Crippen molar-refractivity contribution in [1.29, 1.82) is 0 Å². The number of likely N-dealkylation sites (N-methyl/N-ethyl adjacent to an activating group) is 1. The molecule has 1 heterocycles. The smallest absolute Gasteiger partial charge is 0.363 e. The van der Waals surface area contributed by atoms with Gasteiger partial charge >= 0.3 is 5.97 Å². The number of hydrogen-bond donors (Lipinski definition) is 0. The van der Waals surface area contributed by atoms with E-state index >= 15 is 0 Å². The van der Waals surface area contributed by atoms with Gasteiger partial charge in [-0.05, 0) is 49.8 Å². The molecular formula is C23H24N2O5. The lowest BCUT2D eigenvalue weighted by Crippen LogP contribution is -2.35. The molecule has 0 radical (unpaired) electrons. The lowest BCUT2D eigenvalue weighted by Gasteiger charge is -2.20. The number of nitrogens with zero attached hydrogens (tertiary/aromatic N) is 2. The Morgan fingerprint density at radius 3 is 2.57 bits per heavy atom. The topological polar surface area (TPSA) is 77.4 Å². The van der Waals surface area contributed by atoms with Gasteiger partial charge < -0.3 is 19.1 Å². The second-order valence-electron chi connectivity index (χ2n) is 6.83. The third-order valence-corrected chi connectivity index (χ3v) is 4.30. The molecule has 7 heteroatoms. The van der Waals surface area contributed by atoms with Crippen LogP contribution < -0.4 is 9.47 Å². The Bertz CT molecular complexity index is 996. The van der Waals surface area contributed by atoms with E-state index in [-0.39, 0.29) is 17.5 Å². The van der Waals surface area contributed by atoms with E-state index < -0.39 is 12.1 Å². The van der Waals surface area contributed by atoms with Crippen molar-refractivity contribution in [3.63, 3.8) is 0 Å². The fraction of sp³-hybridized carbons (Fsp3) is 0.261. The second kappa shape index (κ2) is 9.26. The predicted octanol–water partition coefficient (Wildman–Crippen LogP) is 3.29. The zero-order valence-corrected chi connectivity index (χ0v) is 17.4. The van der Waals surface area contributed by atoms with E-state index in [9.17, 15) is 9.59 Å². The molecule has 156 valence electrons. The molecule has 1 atom stereocenters. The van der Waals surface area contributed by atoms with Crippen LogP contribution in [0.25, 0.3) is 6.08 Å². The summed E-state index contributed by atoms with van der Waals surface area (Å²) in [6.45, 7) is 3.96. The minimum absolute atomic E-state index is 0.153. The SMILES string of the molecule is CCOc1cc(/C=C2/N=C(c3ccccc3)OC2=O)ccc1OC(C)C(=O)N(C)C. The molecule has 0 aliphatic carbocycles. The van der Waals surface area contributed by atoms with Crippen LogP contribution in [0.5, 0.6) is 11.5 Å². The summed E-state index contributed by atoms with van der Waals surface area (Å²) in [6, 6.07) is 14.4. The zero-order chi connectivity index (χ0) is 21.7. The molecule has 2 aromatic carbocycles. The summed E-state index contributed by atoms with van der Waals surface area (Å²) in [5.74, 6) is 0.526. The highest BCUT2D eigenvalue weighted by molar-refractivity contribution is 6.12. The maximum Gasteiger partial charge on any atom is 0.363 e. The number of ether oxygens (including phenoxy) is 3. The standard InChI is InChI=1S/C23H24N2O5/c1-5-28-20-14-16(11-12-19(20)29-15(2)22(26)25(3)4)13-18-23(27)30-21(24-18)17-9-7-6-8-10-17/h6-15H,5H2,1-4H3/b18-13+. The minimum atomic E-state index is -0.661. The molecule has 1 unspecified atom stereocenters. The molecule has 0 fully saturated rings. The number of carbonyl (C=O) groups excluding carboxylic acids is 2. The van der Waals surface area contributed by atoms with E-state index in [4.69, 9.17) is 14.2 Å². The van der Waals surface area contributed by atoms with Gasteiger partial charge in [0.15, 0.2) is 23.3 Å². The molecule has 0 aromatic heterocycles. The Balaban J connectivity index is 1.86. The first-order valence-electron chi connectivity index (χ1n) is 9.61. The van der Waals surface area contributed by atoms with E-state index in [1.165, 1.54) is 4.90 Å². The third-order valence-electron chi connectivity index (χ3n) is 4.30. The molecule has 30 heavy (non-hydrogen) atoms. The number of rotatable bonds is 7. The van der Waals surface area contributed by atoms with Gasteiger partial charge in [-0.25, -0.2) is 9.79 Å². The third kappa shape index (κ3) is 4.86. The van der Waals surface area contributed by atoms with E-state index in [1.807, 2.05) is 37.3 Å². The van der Waals surface area contributed by atoms with Gasteiger partial charge in [0.05, 0.1) is 6.61 Å².